The van der Waals surface area contributed by atoms with Crippen LogP contribution in [0.25, 0.3) is 11.0 Å². The van der Waals surface area contributed by atoms with Crippen LogP contribution in [-0.4, -0.2) is 45.7 Å². The average Bonchev–Trinajstić information content (AvgIpc) is 2.91. The Hall–Kier alpha value is -2.48. The number of aryl methyl sites for hydroxylation is 2. The first kappa shape index (κ1) is 17.3. The maximum atomic E-state index is 11.4. The van der Waals surface area contributed by atoms with Gasteiger partial charge in [-0.05, 0) is 37.1 Å². The van der Waals surface area contributed by atoms with Crippen LogP contribution in [0.5, 0.6) is 0 Å². The maximum absolute atomic E-state index is 11.4. The Balaban J connectivity index is 1.83. The van der Waals surface area contributed by atoms with E-state index in [1.807, 2.05) is 26.0 Å². The van der Waals surface area contributed by atoms with Crippen molar-refractivity contribution >= 4 is 23.0 Å². The number of nitrogens with zero attached hydrogens (tertiary/aromatic N) is 3. The van der Waals surface area contributed by atoms with Crippen LogP contribution >= 0.6 is 0 Å². The second-order valence-electron chi connectivity index (χ2n) is 6.27. The molecule has 0 amide bonds. The first-order chi connectivity index (χ1) is 11.8. The van der Waals surface area contributed by atoms with E-state index in [9.17, 15) is 9.59 Å². The van der Waals surface area contributed by atoms with Crippen molar-refractivity contribution in [2.45, 2.75) is 52.6 Å². The molecule has 1 aromatic carbocycles. The lowest BCUT2D eigenvalue weighted by atomic mass is 10.1. The van der Waals surface area contributed by atoms with Gasteiger partial charge in [-0.3, -0.25) is 9.59 Å². The molecule has 2 aromatic rings. The molecule has 0 radical (unpaired) electrons. The number of carbonyl (C=O) groups excluding carboxylic acids is 2. The van der Waals surface area contributed by atoms with Crippen LogP contribution < -0.4 is 0 Å². The molecular weight excluding hydrogens is 326 g/mol. The van der Waals surface area contributed by atoms with Gasteiger partial charge in [-0.25, -0.2) is 0 Å². The van der Waals surface area contributed by atoms with Gasteiger partial charge in [0.25, 0.3) is 0 Å². The molecule has 8 nitrogen and oxygen atoms in total. The van der Waals surface area contributed by atoms with E-state index < -0.39 is 30.4 Å². The van der Waals surface area contributed by atoms with E-state index in [2.05, 4.69) is 10.2 Å². The number of hydrogen-bond donors (Lipinski definition) is 0. The first-order valence-corrected chi connectivity index (χ1v) is 8.13. The summed E-state index contributed by atoms with van der Waals surface area (Å²) in [5.41, 5.74) is 3.82. The summed E-state index contributed by atoms with van der Waals surface area (Å²) in [6.45, 7) is 6.78. The summed E-state index contributed by atoms with van der Waals surface area (Å²) < 4.78 is 16.2. The van der Waals surface area contributed by atoms with E-state index >= 15 is 0 Å². The molecule has 0 unspecified atom stereocenters. The molecule has 134 valence electrons. The minimum absolute atomic E-state index is 0.109. The van der Waals surface area contributed by atoms with Gasteiger partial charge >= 0.3 is 11.9 Å². The highest BCUT2D eigenvalue weighted by molar-refractivity contribution is 5.75. The summed E-state index contributed by atoms with van der Waals surface area (Å²) in [6.07, 6.45) is -1.43. The highest BCUT2D eigenvalue weighted by Gasteiger charge is 2.37. The van der Waals surface area contributed by atoms with Crippen LogP contribution in [0, 0.1) is 13.8 Å². The molecule has 1 aliphatic rings. The molecule has 25 heavy (non-hydrogen) atoms. The quantitative estimate of drug-likeness (QED) is 0.782. The molecule has 3 atom stereocenters. The molecule has 1 aromatic heterocycles. The smallest absolute Gasteiger partial charge is 0.303 e. The largest absolute Gasteiger partial charge is 0.458 e. The molecule has 1 fully saturated rings. The Labute approximate surface area is 145 Å². The lowest BCUT2D eigenvalue weighted by molar-refractivity contribution is -0.197. The minimum Gasteiger partial charge on any atom is -0.458 e. The summed E-state index contributed by atoms with van der Waals surface area (Å²) in [4.78, 5) is 24.1. The van der Waals surface area contributed by atoms with Crippen LogP contribution in [0.4, 0.5) is 0 Å². The van der Waals surface area contributed by atoms with Gasteiger partial charge in [-0.2, -0.15) is 15.0 Å². The van der Waals surface area contributed by atoms with Crippen molar-refractivity contribution in [3.8, 4) is 0 Å². The topological polar surface area (TPSA) is 92.5 Å². The summed E-state index contributed by atoms with van der Waals surface area (Å²) in [5.74, 6) is -0.884. The maximum Gasteiger partial charge on any atom is 0.303 e. The Kier molecular flexibility index (Phi) is 4.71. The van der Waals surface area contributed by atoms with Crippen molar-refractivity contribution in [2.24, 2.45) is 0 Å². The lowest BCUT2D eigenvalue weighted by Crippen LogP contribution is -2.44. The molecule has 0 bridgehead atoms. The molecular formula is C17H21N3O5. The third-order valence-corrected chi connectivity index (χ3v) is 4.21. The van der Waals surface area contributed by atoms with Gasteiger partial charge in [-0.15, -0.1) is 0 Å². The van der Waals surface area contributed by atoms with Gasteiger partial charge in [0.1, 0.15) is 17.1 Å². The van der Waals surface area contributed by atoms with Crippen LogP contribution in [0.3, 0.4) is 0 Å². The minimum atomic E-state index is -0.632. The van der Waals surface area contributed by atoms with Crippen molar-refractivity contribution < 1.29 is 23.8 Å². The fourth-order valence-corrected chi connectivity index (χ4v) is 2.87. The summed E-state index contributed by atoms with van der Waals surface area (Å²) in [7, 11) is 0. The zero-order valence-corrected chi connectivity index (χ0v) is 14.7. The Morgan fingerprint density at radius 2 is 1.56 bits per heavy atom. The molecule has 8 heteroatoms. The van der Waals surface area contributed by atoms with E-state index in [1.165, 1.54) is 18.6 Å². The first-order valence-electron chi connectivity index (χ1n) is 8.13. The molecule has 0 aliphatic carbocycles. The van der Waals surface area contributed by atoms with Crippen LogP contribution in [-0.2, 0) is 23.8 Å². The van der Waals surface area contributed by atoms with Crippen LogP contribution in [0.2, 0.25) is 0 Å². The predicted molar refractivity (Wildman–Crippen MR) is 87.7 cm³/mol. The fraction of sp³-hybridized carbons (Fsp3) is 0.529. The van der Waals surface area contributed by atoms with E-state index in [1.54, 1.807) is 0 Å². The monoisotopic (exact) mass is 347 g/mol. The van der Waals surface area contributed by atoms with Crippen LogP contribution in [0.15, 0.2) is 12.1 Å². The molecule has 0 spiro atoms. The number of esters is 2. The standard InChI is InChI=1S/C17H21N3O5/c1-9-5-13-14(6-10(9)2)19-20(18-13)17-7-15(24-11(3)21)16(8-23-17)25-12(4)22/h5-6,15-17H,7-8H2,1-4H3/t15-,16+,17+/m1/s1. The average molecular weight is 347 g/mol. The molecule has 3 rings (SSSR count). The number of rotatable bonds is 3. The highest BCUT2D eigenvalue weighted by atomic mass is 16.6. The van der Waals surface area contributed by atoms with E-state index in [0.29, 0.717) is 6.42 Å². The van der Waals surface area contributed by atoms with Gasteiger partial charge in [-0.1, -0.05) is 0 Å². The second kappa shape index (κ2) is 6.79. The lowest BCUT2D eigenvalue weighted by Gasteiger charge is -2.34. The summed E-state index contributed by atoms with van der Waals surface area (Å²) in [5, 5.41) is 8.94. The number of fused-ring (bicyclic) bond motifs is 1. The van der Waals surface area contributed by atoms with Gasteiger partial charge in [0.05, 0.1) is 6.61 Å². The Bertz CT molecular complexity index is 777. The van der Waals surface area contributed by atoms with E-state index in [0.717, 1.165) is 22.2 Å². The Morgan fingerprint density at radius 1 is 1.04 bits per heavy atom. The third-order valence-electron chi connectivity index (χ3n) is 4.21. The van der Waals surface area contributed by atoms with Crippen molar-refractivity contribution in [2.75, 3.05) is 6.61 Å². The van der Waals surface area contributed by atoms with E-state index in [-0.39, 0.29) is 6.61 Å². The number of benzene rings is 1. The SMILES string of the molecule is CC(=O)O[C@H]1CO[C@H](n2nc3cc(C)c(C)cc3n2)C[C@H]1OC(C)=O. The normalized spacial score (nSPS) is 23.4. The second-order valence-corrected chi connectivity index (χ2v) is 6.27. The number of aromatic nitrogens is 3. The predicted octanol–water partition coefficient (Wildman–Crippen LogP) is 1.83. The number of ether oxygens (including phenoxy) is 3. The van der Waals surface area contributed by atoms with Gasteiger partial charge < -0.3 is 14.2 Å². The molecule has 0 N–H and O–H groups in total. The van der Waals surface area contributed by atoms with Gasteiger partial charge in [0.15, 0.2) is 12.3 Å². The fourth-order valence-electron chi connectivity index (χ4n) is 2.87. The number of carbonyl (C=O) groups is 2. The zero-order chi connectivity index (χ0) is 18.1. The van der Waals surface area contributed by atoms with Crippen molar-refractivity contribution in [3.05, 3.63) is 23.3 Å². The van der Waals surface area contributed by atoms with Crippen LogP contribution in [0.1, 0.15) is 37.6 Å². The highest BCUT2D eigenvalue weighted by Crippen LogP contribution is 2.27. The molecule has 0 saturated carbocycles. The number of hydrogen-bond acceptors (Lipinski definition) is 7. The Morgan fingerprint density at radius 3 is 2.08 bits per heavy atom. The third kappa shape index (κ3) is 3.79. The van der Waals surface area contributed by atoms with Crippen molar-refractivity contribution in [1.29, 1.82) is 0 Å². The van der Waals surface area contributed by atoms with Crippen molar-refractivity contribution in [1.82, 2.24) is 15.0 Å². The van der Waals surface area contributed by atoms with Gasteiger partial charge in [0, 0.05) is 20.3 Å². The van der Waals surface area contributed by atoms with Gasteiger partial charge in [0.2, 0.25) is 0 Å². The van der Waals surface area contributed by atoms with E-state index in [4.69, 9.17) is 14.2 Å². The summed E-state index contributed by atoms with van der Waals surface area (Å²) in [6, 6.07) is 3.95. The molecule has 1 saturated heterocycles. The zero-order valence-electron chi connectivity index (χ0n) is 14.7. The summed E-state index contributed by atoms with van der Waals surface area (Å²) >= 11 is 0. The molecule has 2 heterocycles. The molecule has 1 aliphatic heterocycles. The van der Waals surface area contributed by atoms with Crippen molar-refractivity contribution in [3.63, 3.8) is 0 Å².